The van der Waals surface area contributed by atoms with E-state index in [0.29, 0.717) is 28.8 Å². The van der Waals surface area contributed by atoms with E-state index in [0.717, 1.165) is 18.4 Å². The maximum atomic E-state index is 12.6. The molecule has 2 aromatic heterocycles. The van der Waals surface area contributed by atoms with Gasteiger partial charge < -0.3 is 10.6 Å². The average molecular weight is 357 g/mol. The van der Waals surface area contributed by atoms with E-state index in [-0.39, 0.29) is 17.5 Å². The van der Waals surface area contributed by atoms with Gasteiger partial charge in [-0.05, 0) is 44.2 Å². The van der Waals surface area contributed by atoms with Gasteiger partial charge in [0.1, 0.15) is 5.69 Å². The molecule has 7 nitrogen and oxygen atoms in total. The van der Waals surface area contributed by atoms with E-state index in [1.807, 2.05) is 6.92 Å². The second kappa shape index (κ2) is 7.23. The first-order valence-electron chi connectivity index (χ1n) is 9.77. The van der Waals surface area contributed by atoms with Crippen molar-refractivity contribution in [3.05, 3.63) is 27.7 Å². The molecule has 2 aromatic rings. The highest BCUT2D eigenvalue weighted by atomic mass is 16.2. The summed E-state index contributed by atoms with van der Waals surface area (Å²) >= 11 is 0. The molecule has 0 spiro atoms. The Labute approximate surface area is 152 Å². The Kier molecular flexibility index (Phi) is 4.80. The standard InChI is InChI=1S/C19H27N5O2/c1-11-10-15(21-17-16(11)19(26)24-23-17)18(25)22-14-9-8-13(14)20-12-6-4-2-3-5-7-12/h10,12-14,20H,2-9H2,1H3,(H,22,25)(H2,21,23,24,26)/t13-,14+/m1/s1. The van der Waals surface area contributed by atoms with Crippen molar-refractivity contribution in [3.63, 3.8) is 0 Å². The van der Waals surface area contributed by atoms with Crippen LogP contribution < -0.4 is 16.2 Å². The first-order chi connectivity index (χ1) is 12.6. The first kappa shape index (κ1) is 17.3. The summed E-state index contributed by atoms with van der Waals surface area (Å²) in [4.78, 5) is 28.7. The fraction of sp³-hybridized carbons (Fsp3) is 0.632. The lowest BCUT2D eigenvalue weighted by atomic mass is 9.85. The van der Waals surface area contributed by atoms with Crippen molar-refractivity contribution in [1.82, 2.24) is 25.8 Å². The number of hydrogen-bond acceptors (Lipinski definition) is 4. The van der Waals surface area contributed by atoms with Crippen LogP contribution >= 0.6 is 0 Å². The molecule has 4 rings (SSSR count). The molecule has 2 fully saturated rings. The van der Waals surface area contributed by atoms with Gasteiger partial charge in [-0.15, -0.1) is 0 Å². The van der Waals surface area contributed by atoms with Gasteiger partial charge in [0.05, 0.1) is 5.39 Å². The fourth-order valence-corrected chi connectivity index (χ4v) is 4.21. The highest BCUT2D eigenvalue weighted by molar-refractivity contribution is 5.95. The van der Waals surface area contributed by atoms with Crippen molar-refractivity contribution >= 4 is 16.9 Å². The minimum Gasteiger partial charge on any atom is -0.346 e. The Bertz CT molecular complexity index is 847. The number of nitrogens with one attached hydrogen (secondary N) is 4. The molecule has 0 unspecified atom stereocenters. The van der Waals surface area contributed by atoms with Crippen LogP contribution in [-0.2, 0) is 0 Å². The number of aromatic amines is 2. The van der Waals surface area contributed by atoms with Crippen molar-refractivity contribution in [1.29, 1.82) is 0 Å². The Hall–Kier alpha value is -2.15. The van der Waals surface area contributed by atoms with Crippen LogP contribution in [0.4, 0.5) is 0 Å². The zero-order valence-corrected chi connectivity index (χ0v) is 15.2. The third-order valence-corrected chi connectivity index (χ3v) is 5.87. The van der Waals surface area contributed by atoms with E-state index in [2.05, 4.69) is 25.8 Å². The van der Waals surface area contributed by atoms with Crippen LogP contribution in [0.5, 0.6) is 0 Å². The second-order valence-electron chi connectivity index (χ2n) is 7.75. The van der Waals surface area contributed by atoms with Gasteiger partial charge in [-0.3, -0.25) is 19.8 Å². The summed E-state index contributed by atoms with van der Waals surface area (Å²) in [6, 6.07) is 2.80. The smallest absolute Gasteiger partial charge is 0.273 e. The SMILES string of the molecule is Cc1cc(C(=O)N[C@H]2CC[C@H]2NC2CCCCCC2)nc2[nH][nH]c(=O)c12. The molecule has 4 N–H and O–H groups in total. The van der Waals surface area contributed by atoms with Crippen LogP contribution in [0.1, 0.15) is 67.4 Å². The molecule has 0 aromatic carbocycles. The van der Waals surface area contributed by atoms with Gasteiger partial charge in [-0.1, -0.05) is 25.7 Å². The van der Waals surface area contributed by atoms with Crippen LogP contribution in [0.2, 0.25) is 0 Å². The number of aromatic nitrogens is 3. The topological polar surface area (TPSA) is 103 Å². The molecule has 0 aliphatic heterocycles. The van der Waals surface area contributed by atoms with Crippen molar-refractivity contribution in [2.45, 2.75) is 76.4 Å². The van der Waals surface area contributed by atoms with E-state index < -0.39 is 0 Å². The summed E-state index contributed by atoms with van der Waals surface area (Å²) in [5.74, 6) is -0.172. The molecule has 1 amide bonds. The molecule has 140 valence electrons. The van der Waals surface area contributed by atoms with E-state index in [1.165, 1.54) is 38.5 Å². The van der Waals surface area contributed by atoms with Crippen LogP contribution in [0.15, 0.2) is 10.9 Å². The maximum Gasteiger partial charge on any atom is 0.273 e. The summed E-state index contributed by atoms with van der Waals surface area (Å²) in [7, 11) is 0. The third kappa shape index (κ3) is 3.40. The van der Waals surface area contributed by atoms with Gasteiger partial charge in [-0.2, -0.15) is 0 Å². The molecule has 2 saturated carbocycles. The summed E-state index contributed by atoms with van der Waals surface area (Å²) in [6.45, 7) is 1.82. The normalized spacial score (nSPS) is 24.2. The number of H-pyrrole nitrogens is 2. The van der Waals surface area contributed by atoms with Gasteiger partial charge in [0, 0.05) is 18.1 Å². The van der Waals surface area contributed by atoms with Gasteiger partial charge in [0.25, 0.3) is 11.5 Å². The minimum absolute atomic E-state index is 0.161. The Balaban J connectivity index is 1.40. The van der Waals surface area contributed by atoms with E-state index in [1.54, 1.807) is 6.07 Å². The van der Waals surface area contributed by atoms with E-state index >= 15 is 0 Å². The lowest BCUT2D eigenvalue weighted by molar-refractivity contribution is 0.0883. The lowest BCUT2D eigenvalue weighted by Gasteiger charge is -2.40. The van der Waals surface area contributed by atoms with Gasteiger partial charge >= 0.3 is 0 Å². The number of fused-ring (bicyclic) bond motifs is 1. The lowest BCUT2D eigenvalue weighted by Crippen LogP contribution is -2.59. The van der Waals surface area contributed by atoms with E-state index in [4.69, 9.17) is 0 Å². The number of carbonyl (C=O) groups is 1. The summed E-state index contributed by atoms with van der Waals surface area (Å²) in [5.41, 5.74) is 1.33. The predicted molar refractivity (Wildman–Crippen MR) is 100 cm³/mol. The highest BCUT2D eigenvalue weighted by Gasteiger charge is 2.34. The van der Waals surface area contributed by atoms with Crippen LogP contribution in [0.3, 0.4) is 0 Å². The third-order valence-electron chi connectivity index (χ3n) is 5.87. The number of carbonyl (C=O) groups excluding carboxylic acids is 1. The molecular formula is C19H27N5O2. The number of hydrogen-bond donors (Lipinski definition) is 4. The Morgan fingerprint density at radius 3 is 2.50 bits per heavy atom. The number of pyridine rings is 1. The van der Waals surface area contributed by atoms with Crippen molar-refractivity contribution in [2.24, 2.45) is 0 Å². The van der Waals surface area contributed by atoms with Crippen molar-refractivity contribution in [2.75, 3.05) is 0 Å². The van der Waals surface area contributed by atoms with Crippen molar-refractivity contribution < 1.29 is 4.79 Å². The molecule has 0 bridgehead atoms. The zero-order valence-electron chi connectivity index (χ0n) is 15.2. The second-order valence-corrected chi connectivity index (χ2v) is 7.75. The first-order valence-corrected chi connectivity index (χ1v) is 9.77. The molecule has 0 radical (unpaired) electrons. The van der Waals surface area contributed by atoms with Gasteiger partial charge in [0.15, 0.2) is 5.65 Å². The monoisotopic (exact) mass is 357 g/mol. The van der Waals surface area contributed by atoms with E-state index in [9.17, 15) is 9.59 Å². The zero-order chi connectivity index (χ0) is 18.1. The highest BCUT2D eigenvalue weighted by Crippen LogP contribution is 2.25. The molecule has 26 heavy (non-hydrogen) atoms. The predicted octanol–water partition coefficient (Wildman–Crippen LogP) is 2.13. The number of aryl methyl sites for hydroxylation is 1. The summed E-state index contributed by atoms with van der Waals surface area (Å²) < 4.78 is 0. The minimum atomic E-state index is -0.205. The van der Waals surface area contributed by atoms with Crippen LogP contribution in [0, 0.1) is 6.92 Å². The maximum absolute atomic E-state index is 12.6. The molecule has 2 atom stereocenters. The fourth-order valence-electron chi connectivity index (χ4n) is 4.21. The molecular weight excluding hydrogens is 330 g/mol. The largest absolute Gasteiger partial charge is 0.346 e. The number of nitrogens with zero attached hydrogens (tertiary/aromatic N) is 1. The molecule has 2 aliphatic rings. The van der Waals surface area contributed by atoms with Crippen LogP contribution in [-0.4, -0.2) is 39.2 Å². The van der Waals surface area contributed by atoms with Gasteiger partial charge in [-0.25, -0.2) is 4.98 Å². The molecule has 2 aliphatic carbocycles. The molecule has 2 heterocycles. The quantitative estimate of drug-likeness (QED) is 0.630. The Morgan fingerprint density at radius 2 is 1.81 bits per heavy atom. The summed E-state index contributed by atoms with van der Waals surface area (Å²) in [6.07, 6.45) is 9.90. The summed E-state index contributed by atoms with van der Waals surface area (Å²) in [5, 5.41) is 12.6. The van der Waals surface area contributed by atoms with Crippen LogP contribution in [0.25, 0.3) is 11.0 Å². The number of amides is 1. The molecule has 7 heteroatoms. The molecule has 0 saturated heterocycles. The van der Waals surface area contributed by atoms with Crippen molar-refractivity contribution in [3.8, 4) is 0 Å². The number of rotatable bonds is 4. The average Bonchev–Trinajstić information content (AvgIpc) is 2.83. The Morgan fingerprint density at radius 1 is 1.08 bits per heavy atom. The van der Waals surface area contributed by atoms with Gasteiger partial charge in [0.2, 0.25) is 0 Å².